The molecule has 2 aromatic rings. The summed E-state index contributed by atoms with van der Waals surface area (Å²) in [7, 11) is 0. The molecule has 0 atom stereocenters. The third kappa shape index (κ3) is 3.24. The quantitative estimate of drug-likeness (QED) is 0.739. The molecule has 0 saturated heterocycles. The fourth-order valence-corrected chi connectivity index (χ4v) is 3.27. The highest BCUT2D eigenvalue weighted by Crippen LogP contribution is 2.32. The highest BCUT2D eigenvalue weighted by atomic mass is 14.9. The van der Waals surface area contributed by atoms with Gasteiger partial charge < -0.3 is 5.32 Å². The molecule has 22 heavy (non-hydrogen) atoms. The lowest BCUT2D eigenvalue weighted by Crippen LogP contribution is -2.23. The summed E-state index contributed by atoms with van der Waals surface area (Å²) in [5.41, 5.74) is 7.05. The van der Waals surface area contributed by atoms with Crippen molar-refractivity contribution in [3.63, 3.8) is 0 Å². The Labute approximate surface area is 134 Å². The molecular formula is C21H25N. The number of hydrogen-bond donors (Lipinski definition) is 1. The van der Waals surface area contributed by atoms with Crippen molar-refractivity contribution in [3.8, 4) is 0 Å². The largest absolute Gasteiger partial charge is 0.384 e. The average molecular weight is 291 g/mol. The third-order valence-corrected chi connectivity index (χ3v) is 4.44. The van der Waals surface area contributed by atoms with Crippen LogP contribution in [0.25, 0.3) is 11.3 Å². The Hall–Kier alpha value is -2.02. The van der Waals surface area contributed by atoms with Crippen molar-refractivity contribution in [1.82, 2.24) is 5.32 Å². The first-order valence-corrected chi connectivity index (χ1v) is 8.51. The summed E-state index contributed by atoms with van der Waals surface area (Å²) in [4.78, 5) is 0. The maximum atomic E-state index is 3.68. The van der Waals surface area contributed by atoms with Gasteiger partial charge >= 0.3 is 0 Å². The van der Waals surface area contributed by atoms with Crippen molar-refractivity contribution < 1.29 is 0 Å². The zero-order chi connectivity index (χ0) is 15.2. The Bertz CT molecular complexity index is 640. The predicted molar refractivity (Wildman–Crippen MR) is 95.5 cm³/mol. The molecule has 1 heterocycles. The van der Waals surface area contributed by atoms with Gasteiger partial charge in [0, 0.05) is 17.8 Å². The number of fused-ring (bicyclic) bond motifs is 1. The van der Waals surface area contributed by atoms with Crippen molar-refractivity contribution in [2.24, 2.45) is 0 Å². The summed E-state index contributed by atoms with van der Waals surface area (Å²) in [5, 5.41) is 3.68. The second kappa shape index (κ2) is 7.31. The molecule has 0 spiro atoms. The topological polar surface area (TPSA) is 12.0 Å². The molecule has 1 nitrogen and oxygen atoms in total. The molecule has 1 heteroatoms. The number of hydrogen-bond acceptors (Lipinski definition) is 1. The maximum absolute atomic E-state index is 3.68. The zero-order valence-electron chi connectivity index (χ0n) is 13.4. The van der Waals surface area contributed by atoms with Crippen molar-refractivity contribution in [1.29, 1.82) is 0 Å². The molecule has 0 radical (unpaired) electrons. The van der Waals surface area contributed by atoms with Gasteiger partial charge in [-0.25, -0.2) is 0 Å². The van der Waals surface area contributed by atoms with Gasteiger partial charge in [-0.05, 0) is 36.0 Å². The molecule has 0 unspecified atom stereocenters. The minimum Gasteiger partial charge on any atom is -0.384 e. The van der Waals surface area contributed by atoms with Crippen LogP contribution < -0.4 is 5.32 Å². The molecule has 0 amide bonds. The Morgan fingerprint density at radius 1 is 0.955 bits per heavy atom. The Morgan fingerprint density at radius 2 is 1.73 bits per heavy atom. The molecule has 0 bridgehead atoms. The van der Waals surface area contributed by atoms with Crippen LogP contribution in [0.2, 0.25) is 0 Å². The number of rotatable bonds is 5. The van der Waals surface area contributed by atoms with Gasteiger partial charge in [-0.2, -0.15) is 0 Å². The van der Waals surface area contributed by atoms with Crippen LogP contribution in [0.4, 0.5) is 0 Å². The summed E-state index contributed by atoms with van der Waals surface area (Å²) in [5.74, 6) is 0. The van der Waals surface area contributed by atoms with Crippen LogP contribution in [0.15, 0.2) is 54.6 Å². The number of nitrogens with one attached hydrogen (secondary N) is 1. The molecule has 3 rings (SSSR count). The monoisotopic (exact) mass is 291 g/mol. The SMILES string of the molecule is CCCCCC(=C1NCCc2ccccc21)c1ccccc1. The van der Waals surface area contributed by atoms with Crippen LogP contribution >= 0.6 is 0 Å². The van der Waals surface area contributed by atoms with Gasteiger partial charge in [-0.3, -0.25) is 0 Å². The number of benzene rings is 2. The first-order chi connectivity index (χ1) is 10.9. The summed E-state index contributed by atoms with van der Waals surface area (Å²) in [6.45, 7) is 3.31. The van der Waals surface area contributed by atoms with Crippen LogP contribution in [-0.4, -0.2) is 6.54 Å². The molecule has 0 saturated carbocycles. The van der Waals surface area contributed by atoms with E-state index in [1.54, 1.807) is 0 Å². The van der Waals surface area contributed by atoms with E-state index in [4.69, 9.17) is 0 Å². The van der Waals surface area contributed by atoms with E-state index in [2.05, 4.69) is 66.8 Å². The summed E-state index contributed by atoms with van der Waals surface area (Å²) < 4.78 is 0. The van der Waals surface area contributed by atoms with Crippen molar-refractivity contribution >= 4 is 11.3 Å². The van der Waals surface area contributed by atoms with Crippen LogP contribution in [0.3, 0.4) is 0 Å². The zero-order valence-corrected chi connectivity index (χ0v) is 13.4. The first-order valence-electron chi connectivity index (χ1n) is 8.51. The van der Waals surface area contributed by atoms with Gasteiger partial charge in [-0.1, -0.05) is 74.4 Å². The molecule has 0 aromatic heterocycles. The number of unbranched alkanes of at least 4 members (excludes halogenated alkanes) is 2. The van der Waals surface area contributed by atoms with Crippen LogP contribution in [0.5, 0.6) is 0 Å². The first kappa shape index (κ1) is 14.9. The minimum atomic E-state index is 1.04. The van der Waals surface area contributed by atoms with Gasteiger partial charge in [0.2, 0.25) is 0 Å². The fourth-order valence-electron chi connectivity index (χ4n) is 3.27. The summed E-state index contributed by atoms with van der Waals surface area (Å²) >= 11 is 0. The maximum Gasteiger partial charge on any atom is 0.0455 e. The second-order valence-electron chi connectivity index (χ2n) is 6.01. The molecule has 1 aliphatic rings. The van der Waals surface area contributed by atoms with E-state index in [-0.39, 0.29) is 0 Å². The van der Waals surface area contributed by atoms with E-state index in [1.807, 2.05) is 0 Å². The van der Waals surface area contributed by atoms with E-state index in [0.29, 0.717) is 0 Å². The van der Waals surface area contributed by atoms with Gasteiger partial charge in [0.1, 0.15) is 0 Å². The van der Waals surface area contributed by atoms with Gasteiger partial charge in [-0.15, -0.1) is 0 Å². The van der Waals surface area contributed by atoms with Crippen LogP contribution in [0.1, 0.15) is 49.3 Å². The Balaban J connectivity index is 2.04. The molecular weight excluding hydrogens is 266 g/mol. The lowest BCUT2D eigenvalue weighted by atomic mass is 9.90. The van der Waals surface area contributed by atoms with Gasteiger partial charge in [0.05, 0.1) is 0 Å². The molecule has 114 valence electrons. The van der Waals surface area contributed by atoms with Crippen LogP contribution in [0, 0.1) is 0 Å². The molecule has 2 aromatic carbocycles. The Morgan fingerprint density at radius 3 is 2.55 bits per heavy atom. The van der Waals surface area contributed by atoms with Crippen LogP contribution in [-0.2, 0) is 6.42 Å². The standard InChI is InChI=1S/C21H25N/c1-2-3-5-13-19(17-10-6-4-7-11-17)21-20-14-9-8-12-18(20)15-16-22-21/h4,6-12,14,22H,2-3,5,13,15-16H2,1H3. The highest BCUT2D eigenvalue weighted by molar-refractivity contribution is 5.91. The second-order valence-corrected chi connectivity index (χ2v) is 6.01. The van der Waals surface area contributed by atoms with E-state index in [0.717, 1.165) is 19.4 Å². The third-order valence-electron chi connectivity index (χ3n) is 4.44. The average Bonchev–Trinajstić information content (AvgIpc) is 2.59. The van der Waals surface area contributed by atoms with Crippen molar-refractivity contribution in [3.05, 3.63) is 71.3 Å². The van der Waals surface area contributed by atoms with Crippen molar-refractivity contribution in [2.45, 2.75) is 39.0 Å². The molecule has 0 aliphatic carbocycles. The molecule has 0 fully saturated rings. The van der Waals surface area contributed by atoms with Gasteiger partial charge in [0.25, 0.3) is 0 Å². The van der Waals surface area contributed by atoms with E-state index >= 15 is 0 Å². The van der Waals surface area contributed by atoms with E-state index in [9.17, 15) is 0 Å². The molecule has 1 aliphatic heterocycles. The summed E-state index contributed by atoms with van der Waals surface area (Å²) in [6, 6.07) is 19.7. The minimum absolute atomic E-state index is 1.04. The lowest BCUT2D eigenvalue weighted by Gasteiger charge is -2.25. The van der Waals surface area contributed by atoms with E-state index < -0.39 is 0 Å². The van der Waals surface area contributed by atoms with Gasteiger partial charge in [0.15, 0.2) is 0 Å². The summed E-state index contributed by atoms with van der Waals surface area (Å²) in [6.07, 6.45) is 6.09. The smallest absolute Gasteiger partial charge is 0.0455 e. The van der Waals surface area contributed by atoms with Crippen molar-refractivity contribution in [2.75, 3.05) is 6.54 Å². The lowest BCUT2D eigenvalue weighted by molar-refractivity contribution is 0.732. The molecule has 1 N–H and O–H groups in total. The number of allylic oxidation sites excluding steroid dienone is 1. The normalized spacial score (nSPS) is 15.9. The predicted octanol–water partition coefficient (Wildman–Crippen LogP) is 5.28. The highest BCUT2D eigenvalue weighted by Gasteiger charge is 2.17. The Kier molecular flexibility index (Phi) is 4.95. The fraction of sp³-hybridized carbons (Fsp3) is 0.333. The van der Waals surface area contributed by atoms with E-state index in [1.165, 1.54) is 47.2 Å².